The summed E-state index contributed by atoms with van der Waals surface area (Å²) < 4.78 is 10.5. The van der Waals surface area contributed by atoms with Crippen LogP contribution in [0.5, 0.6) is 0 Å². The van der Waals surface area contributed by atoms with Gasteiger partial charge in [-0.3, -0.25) is 4.79 Å². The summed E-state index contributed by atoms with van der Waals surface area (Å²) in [5.41, 5.74) is 8.18. The zero-order chi connectivity index (χ0) is 17.9. The van der Waals surface area contributed by atoms with E-state index in [0.717, 1.165) is 24.0 Å². The largest absolute Gasteiger partial charge is 0.472 e. The third-order valence-corrected chi connectivity index (χ3v) is 4.79. The van der Waals surface area contributed by atoms with Crippen molar-refractivity contribution in [2.45, 2.75) is 25.3 Å². The first kappa shape index (κ1) is 16.5. The van der Waals surface area contributed by atoms with Crippen LogP contribution in [0.4, 0.5) is 0 Å². The van der Waals surface area contributed by atoms with Crippen LogP contribution in [-0.2, 0) is 6.54 Å². The number of rotatable bonds is 4. The fourth-order valence-electron chi connectivity index (χ4n) is 3.21. The molecule has 0 atom stereocenters. The molecule has 0 aliphatic carbocycles. The van der Waals surface area contributed by atoms with Crippen LogP contribution in [0.3, 0.4) is 0 Å². The number of hydrogen-bond donors (Lipinski definition) is 1. The summed E-state index contributed by atoms with van der Waals surface area (Å²) in [5, 5.41) is 4.10. The Labute approximate surface area is 150 Å². The van der Waals surface area contributed by atoms with Gasteiger partial charge in [0.2, 0.25) is 11.7 Å². The summed E-state index contributed by atoms with van der Waals surface area (Å²) in [5.74, 6) is 1.40. The molecule has 2 N–H and O–H groups in total. The van der Waals surface area contributed by atoms with Gasteiger partial charge in [0.15, 0.2) is 0 Å². The molecule has 1 saturated heterocycles. The monoisotopic (exact) mass is 352 g/mol. The van der Waals surface area contributed by atoms with Crippen molar-refractivity contribution in [2.24, 2.45) is 5.73 Å². The molecule has 0 saturated carbocycles. The lowest BCUT2D eigenvalue weighted by molar-refractivity contribution is 0.0704. The van der Waals surface area contributed by atoms with Crippen LogP contribution in [0.2, 0.25) is 0 Å². The predicted octanol–water partition coefficient (Wildman–Crippen LogP) is 2.81. The van der Waals surface area contributed by atoms with E-state index in [2.05, 4.69) is 10.1 Å². The normalized spacial score (nSPS) is 15.3. The Morgan fingerprint density at radius 3 is 2.62 bits per heavy atom. The summed E-state index contributed by atoms with van der Waals surface area (Å²) in [7, 11) is 0. The number of hydrogen-bond acceptors (Lipinski definition) is 6. The van der Waals surface area contributed by atoms with E-state index in [0.29, 0.717) is 36.9 Å². The molecule has 1 aliphatic rings. The van der Waals surface area contributed by atoms with Crippen LogP contribution in [0.25, 0.3) is 11.4 Å². The van der Waals surface area contributed by atoms with Gasteiger partial charge in [0.1, 0.15) is 6.26 Å². The fraction of sp³-hybridized carbons (Fsp3) is 0.316. The first-order chi connectivity index (χ1) is 12.7. The number of nitrogens with zero attached hydrogens (tertiary/aromatic N) is 3. The molecule has 0 bridgehead atoms. The molecule has 1 aliphatic heterocycles. The Hall–Kier alpha value is -2.93. The highest BCUT2D eigenvalue weighted by atomic mass is 16.5. The molecule has 1 fully saturated rings. The van der Waals surface area contributed by atoms with E-state index in [1.54, 1.807) is 6.07 Å². The second kappa shape index (κ2) is 7.13. The van der Waals surface area contributed by atoms with Crippen molar-refractivity contribution in [1.29, 1.82) is 0 Å². The SMILES string of the molecule is NCc1ccc(-c2noc(C3CCN(C(=O)c4ccoc4)CC3)n2)cc1. The number of piperidine rings is 1. The van der Waals surface area contributed by atoms with Crippen LogP contribution >= 0.6 is 0 Å². The number of aromatic nitrogens is 2. The van der Waals surface area contributed by atoms with E-state index in [4.69, 9.17) is 14.7 Å². The highest BCUT2D eigenvalue weighted by Crippen LogP contribution is 2.29. The molecule has 0 spiro atoms. The summed E-state index contributed by atoms with van der Waals surface area (Å²) in [6.45, 7) is 1.84. The molecular formula is C19H20N4O3. The van der Waals surface area contributed by atoms with Gasteiger partial charge in [-0.15, -0.1) is 0 Å². The standard InChI is InChI=1S/C19H20N4O3/c20-11-13-1-3-14(4-2-13)17-21-18(26-22-17)15-5-8-23(9-6-15)19(24)16-7-10-25-12-16/h1-4,7,10,12,15H,5-6,8-9,11,20H2. The molecule has 4 rings (SSSR count). The van der Waals surface area contributed by atoms with Crippen molar-refractivity contribution in [3.63, 3.8) is 0 Å². The molecule has 7 heteroatoms. The third kappa shape index (κ3) is 3.25. The minimum Gasteiger partial charge on any atom is -0.472 e. The molecule has 1 aromatic carbocycles. The molecule has 3 heterocycles. The first-order valence-corrected chi connectivity index (χ1v) is 8.69. The Morgan fingerprint density at radius 2 is 1.96 bits per heavy atom. The number of furan rings is 1. The number of carbonyl (C=O) groups is 1. The topological polar surface area (TPSA) is 98.4 Å². The van der Waals surface area contributed by atoms with Crippen LogP contribution in [-0.4, -0.2) is 34.0 Å². The average molecular weight is 352 g/mol. The lowest BCUT2D eigenvalue weighted by Crippen LogP contribution is -2.37. The van der Waals surface area contributed by atoms with Crippen molar-refractivity contribution in [3.8, 4) is 11.4 Å². The Balaban J connectivity index is 1.40. The van der Waals surface area contributed by atoms with E-state index in [9.17, 15) is 4.79 Å². The number of nitrogens with two attached hydrogens (primary N) is 1. The van der Waals surface area contributed by atoms with Crippen LogP contribution in [0.15, 0.2) is 51.8 Å². The quantitative estimate of drug-likeness (QED) is 0.775. The summed E-state index contributed by atoms with van der Waals surface area (Å²) in [4.78, 5) is 18.7. The van der Waals surface area contributed by atoms with Crippen molar-refractivity contribution in [1.82, 2.24) is 15.0 Å². The van der Waals surface area contributed by atoms with Crippen LogP contribution < -0.4 is 5.73 Å². The molecule has 26 heavy (non-hydrogen) atoms. The lowest BCUT2D eigenvalue weighted by Gasteiger charge is -2.30. The molecule has 0 unspecified atom stereocenters. The van der Waals surface area contributed by atoms with Crippen LogP contribution in [0.1, 0.15) is 40.6 Å². The average Bonchev–Trinajstić information content (AvgIpc) is 3.40. The molecule has 1 amide bonds. The summed E-state index contributed by atoms with van der Waals surface area (Å²) >= 11 is 0. The number of likely N-dealkylation sites (tertiary alicyclic amines) is 1. The van der Waals surface area contributed by atoms with E-state index < -0.39 is 0 Å². The highest BCUT2D eigenvalue weighted by molar-refractivity contribution is 5.93. The maximum absolute atomic E-state index is 12.4. The fourth-order valence-corrected chi connectivity index (χ4v) is 3.21. The van der Waals surface area contributed by atoms with Gasteiger partial charge in [-0.05, 0) is 24.5 Å². The first-order valence-electron chi connectivity index (χ1n) is 8.69. The predicted molar refractivity (Wildman–Crippen MR) is 94.2 cm³/mol. The number of carbonyl (C=O) groups excluding carboxylic acids is 1. The summed E-state index contributed by atoms with van der Waals surface area (Å²) in [6.07, 6.45) is 4.60. The minimum atomic E-state index is 0.00316. The van der Waals surface area contributed by atoms with Crippen molar-refractivity contribution in [2.75, 3.05) is 13.1 Å². The van der Waals surface area contributed by atoms with Crippen molar-refractivity contribution in [3.05, 3.63) is 59.9 Å². The Bertz CT molecular complexity index is 863. The van der Waals surface area contributed by atoms with Gasteiger partial charge < -0.3 is 19.6 Å². The number of benzene rings is 1. The molecule has 3 aromatic rings. The van der Waals surface area contributed by atoms with Gasteiger partial charge in [0, 0.05) is 31.1 Å². The van der Waals surface area contributed by atoms with Crippen molar-refractivity contribution >= 4 is 5.91 Å². The van der Waals surface area contributed by atoms with Gasteiger partial charge in [-0.25, -0.2) is 0 Å². The van der Waals surface area contributed by atoms with Gasteiger partial charge in [-0.2, -0.15) is 4.98 Å². The second-order valence-corrected chi connectivity index (χ2v) is 6.44. The molecule has 2 aromatic heterocycles. The van der Waals surface area contributed by atoms with Gasteiger partial charge in [0.25, 0.3) is 5.91 Å². The van der Waals surface area contributed by atoms with E-state index >= 15 is 0 Å². The maximum atomic E-state index is 12.4. The van der Waals surface area contributed by atoms with Crippen LogP contribution in [0, 0.1) is 0 Å². The summed E-state index contributed by atoms with van der Waals surface area (Å²) in [6, 6.07) is 9.51. The Kier molecular flexibility index (Phi) is 4.53. The third-order valence-electron chi connectivity index (χ3n) is 4.79. The van der Waals surface area contributed by atoms with E-state index in [1.807, 2.05) is 29.2 Å². The van der Waals surface area contributed by atoms with E-state index in [1.165, 1.54) is 12.5 Å². The molecule has 7 nitrogen and oxygen atoms in total. The number of amides is 1. The lowest BCUT2D eigenvalue weighted by atomic mass is 9.96. The van der Waals surface area contributed by atoms with Crippen molar-refractivity contribution < 1.29 is 13.7 Å². The second-order valence-electron chi connectivity index (χ2n) is 6.44. The van der Waals surface area contributed by atoms with Gasteiger partial charge in [0.05, 0.1) is 11.8 Å². The Morgan fingerprint density at radius 1 is 1.19 bits per heavy atom. The zero-order valence-electron chi connectivity index (χ0n) is 14.3. The molecule has 0 radical (unpaired) electrons. The highest BCUT2D eigenvalue weighted by Gasteiger charge is 2.28. The maximum Gasteiger partial charge on any atom is 0.257 e. The molecule has 134 valence electrons. The van der Waals surface area contributed by atoms with Gasteiger partial charge >= 0.3 is 0 Å². The minimum absolute atomic E-state index is 0.00316. The molecular weight excluding hydrogens is 332 g/mol. The zero-order valence-corrected chi connectivity index (χ0v) is 14.3. The smallest absolute Gasteiger partial charge is 0.257 e. The van der Waals surface area contributed by atoms with Gasteiger partial charge in [-0.1, -0.05) is 29.4 Å². The van der Waals surface area contributed by atoms with E-state index in [-0.39, 0.29) is 11.8 Å².